The first-order chi connectivity index (χ1) is 21.2. The van der Waals surface area contributed by atoms with Crippen molar-refractivity contribution in [2.75, 3.05) is 6.61 Å². The van der Waals surface area contributed by atoms with Crippen molar-refractivity contribution in [2.45, 2.75) is 6.42 Å². The van der Waals surface area contributed by atoms with E-state index in [1.165, 1.54) is 0 Å². The van der Waals surface area contributed by atoms with E-state index < -0.39 is 0 Å². The van der Waals surface area contributed by atoms with Crippen molar-refractivity contribution in [1.29, 1.82) is 0 Å². The molecule has 5 heterocycles. The van der Waals surface area contributed by atoms with Gasteiger partial charge in [0.15, 0.2) is 23.3 Å². The molecule has 2 aliphatic heterocycles. The van der Waals surface area contributed by atoms with Crippen LogP contribution >= 0.6 is 0 Å². The fourth-order valence-electron chi connectivity index (χ4n) is 6.09. The minimum Gasteiger partial charge on any atom is -0.396 e. The Kier molecular flexibility index (Phi) is 5.05. The summed E-state index contributed by atoms with van der Waals surface area (Å²) in [6.45, 7) is 0.0165. The summed E-state index contributed by atoms with van der Waals surface area (Å²) in [7, 11) is 0. The Bertz CT molecular complexity index is 2440. The average molecular weight is 559 g/mol. The smallest absolute Gasteiger partial charge is 0.164 e. The number of hydrogen-bond acceptors (Lipinski definition) is 7. The molecule has 0 fully saturated rings. The van der Waals surface area contributed by atoms with E-state index in [4.69, 9.17) is 29.9 Å². The molecule has 0 saturated carbocycles. The van der Waals surface area contributed by atoms with Gasteiger partial charge in [-0.3, -0.25) is 0 Å². The van der Waals surface area contributed by atoms with Crippen molar-refractivity contribution in [2.24, 2.45) is 0 Å². The summed E-state index contributed by atoms with van der Waals surface area (Å²) in [5.74, 6) is 2.25. The summed E-state index contributed by atoms with van der Waals surface area (Å²) in [4.78, 5) is 37.0. The Morgan fingerprint density at radius 1 is 0.442 bits per heavy atom. The summed E-state index contributed by atoms with van der Waals surface area (Å²) >= 11 is 0. The minimum atomic E-state index is 0.0165. The first-order valence-electron chi connectivity index (χ1n) is 14.1. The first kappa shape index (κ1) is 23.9. The number of nitrogens with zero attached hydrogens (tertiary/aromatic N) is 6. The van der Waals surface area contributed by atoms with Crippen LogP contribution in [0.1, 0.15) is 5.56 Å². The molecule has 43 heavy (non-hydrogen) atoms. The van der Waals surface area contributed by atoms with Gasteiger partial charge in [-0.1, -0.05) is 91.0 Å². The molecule has 0 spiro atoms. The van der Waals surface area contributed by atoms with Crippen molar-refractivity contribution < 1.29 is 5.11 Å². The zero-order chi connectivity index (χ0) is 28.5. The Hall–Kier alpha value is -5.80. The van der Waals surface area contributed by atoms with Gasteiger partial charge in [0, 0.05) is 50.4 Å². The maximum atomic E-state index is 9.86. The SMILES string of the molecule is OCCc1cccc2c3nc4nc(nc5[nH]c(nc6nc(nc([nH]3)c12)-c1ccccc1-6)c1ccccc51)-c1ccccc1-4. The molecule has 3 aromatic heterocycles. The van der Waals surface area contributed by atoms with Gasteiger partial charge < -0.3 is 15.1 Å². The van der Waals surface area contributed by atoms with Crippen LogP contribution in [0.5, 0.6) is 0 Å². The highest BCUT2D eigenvalue weighted by Gasteiger charge is 2.22. The third kappa shape index (κ3) is 3.62. The maximum Gasteiger partial charge on any atom is 0.164 e. The second-order valence-corrected chi connectivity index (χ2v) is 10.6. The third-order valence-electron chi connectivity index (χ3n) is 8.05. The maximum absolute atomic E-state index is 9.86. The van der Waals surface area contributed by atoms with Crippen molar-refractivity contribution in [3.05, 3.63) is 96.6 Å². The van der Waals surface area contributed by atoms with Gasteiger partial charge in [0.05, 0.1) is 0 Å². The van der Waals surface area contributed by atoms with Crippen molar-refractivity contribution >= 4 is 44.1 Å². The molecule has 7 aromatic rings. The van der Waals surface area contributed by atoms with Crippen LogP contribution < -0.4 is 0 Å². The van der Waals surface area contributed by atoms with Crippen LogP contribution in [0.2, 0.25) is 0 Å². The second-order valence-electron chi connectivity index (χ2n) is 10.6. The molecule has 3 N–H and O–H groups in total. The number of benzene rings is 4. The molecule has 4 aromatic carbocycles. The highest BCUT2D eigenvalue weighted by atomic mass is 16.2. The monoisotopic (exact) mass is 558 g/mol. The van der Waals surface area contributed by atoms with Crippen LogP contribution in [-0.2, 0) is 6.42 Å². The lowest BCUT2D eigenvalue weighted by Gasteiger charge is -2.01. The lowest BCUT2D eigenvalue weighted by atomic mass is 10.1. The molecule has 2 aliphatic rings. The quantitative estimate of drug-likeness (QED) is 0.224. The first-order valence-corrected chi connectivity index (χ1v) is 14.1. The lowest BCUT2D eigenvalue weighted by molar-refractivity contribution is 0.300. The normalized spacial score (nSPS) is 12.0. The van der Waals surface area contributed by atoms with Gasteiger partial charge in [-0.05, 0) is 12.0 Å². The number of aromatic amines is 2. The largest absolute Gasteiger partial charge is 0.396 e. The number of fused-ring (bicyclic) bond motifs is 20. The molecule has 0 saturated heterocycles. The Morgan fingerprint density at radius 2 is 0.860 bits per heavy atom. The summed E-state index contributed by atoms with van der Waals surface area (Å²) in [5.41, 5.74) is 7.12. The van der Waals surface area contributed by atoms with Gasteiger partial charge in [0.25, 0.3) is 0 Å². The number of nitrogens with one attached hydrogen (secondary N) is 2. The van der Waals surface area contributed by atoms with Crippen LogP contribution in [-0.4, -0.2) is 51.6 Å². The van der Waals surface area contributed by atoms with Gasteiger partial charge >= 0.3 is 0 Å². The van der Waals surface area contributed by atoms with Gasteiger partial charge in [-0.25, -0.2) is 29.9 Å². The summed E-state index contributed by atoms with van der Waals surface area (Å²) in [5, 5.41) is 13.5. The summed E-state index contributed by atoms with van der Waals surface area (Å²) < 4.78 is 0. The highest BCUT2D eigenvalue weighted by molar-refractivity contribution is 6.07. The molecule has 204 valence electrons. The second kappa shape index (κ2) is 9.10. The van der Waals surface area contributed by atoms with E-state index in [1.807, 2.05) is 91.0 Å². The van der Waals surface area contributed by atoms with E-state index in [0.717, 1.165) is 49.4 Å². The van der Waals surface area contributed by atoms with Crippen LogP contribution in [0.25, 0.3) is 89.7 Å². The van der Waals surface area contributed by atoms with E-state index in [0.29, 0.717) is 52.3 Å². The molecule has 8 bridgehead atoms. The molecule has 0 atom stereocenters. The molecule has 0 radical (unpaired) electrons. The van der Waals surface area contributed by atoms with Crippen LogP contribution in [0, 0.1) is 0 Å². The zero-order valence-electron chi connectivity index (χ0n) is 22.7. The van der Waals surface area contributed by atoms with E-state index in [2.05, 4.69) is 9.97 Å². The molecule has 0 amide bonds. The molecule has 9 rings (SSSR count). The van der Waals surface area contributed by atoms with Crippen molar-refractivity contribution in [3.63, 3.8) is 0 Å². The molecule has 9 heteroatoms. The third-order valence-corrected chi connectivity index (χ3v) is 8.05. The Labute approximate surface area is 244 Å². The van der Waals surface area contributed by atoms with Crippen LogP contribution in [0.4, 0.5) is 0 Å². The van der Waals surface area contributed by atoms with Crippen molar-refractivity contribution in [3.8, 4) is 45.6 Å². The molecule has 0 aliphatic carbocycles. The Balaban J connectivity index is 1.51. The predicted molar refractivity (Wildman–Crippen MR) is 167 cm³/mol. The van der Waals surface area contributed by atoms with Crippen molar-refractivity contribution in [1.82, 2.24) is 39.9 Å². The molecular weight excluding hydrogens is 536 g/mol. The van der Waals surface area contributed by atoms with E-state index in [9.17, 15) is 5.11 Å². The number of rotatable bonds is 2. The minimum absolute atomic E-state index is 0.0165. The fraction of sp³-hybridized carbons (Fsp3) is 0.0588. The molecule has 0 unspecified atom stereocenters. The van der Waals surface area contributed by atoms with Crippen LogP contribution in [0.3, 0.4) is 0 Å². The average Bonchev–Trinajstić information content (AvgIpc) is 3.77. The fourth-order valence-corrected chi connectivity index (χ4v) is 6.09. The number of aliphatic hydroxyl groups excluding tert-OH is 1. The predicted octanol–water partition coefficient (Wildman–Crippen LogP) is 6.40. The number of H-pyrrole nitrogens is 2. The Morgan fingerprint density at radius 3 is 1.37 bits per heavy atom. The zero-order valence-corrected chi connectivity index (χ0v) is 22.7. The topological polar surface area (TPSA) is 129 Å². The van der Waals surface area contributed by atoms with Crippen LogP contribution in [0.15, 0.2) is 91.0 Å². The van der Waals surface area contributed by atoms with Gasteiger partial charge in [-0.2, -0.15) is 0 Å². The van der Waals surface area contributed by atoms with Gasteiger partial charge in [0.2, 0.25) is 0 Å². The van der Waals surface area contributed by atoms with E-state index in [-0.39, 0.29) is 6.61 Å². The molecular formula is C34H22N8O. The van der Waals surface area contributed by atoms with Gasteiger partial charge in [-0.15, -0.1) is 0 Å². The number of hydrogen-bond donors (Lipinski definition) is 3. The molecule has 9 nitrogen and oxygen atoms in total. The van der Waals surface area contributed by atoms with E-state index in [1.54, 1.807) is 0 Å². The van der Waals surface area contributed by atoms with Gasteiger partial charge in [0.1, 0.15) is 22.6 Å². The summed E-state index contributed by atoms with van der Waals surface area (Å²) in [6, 6.07) is 30.0. The summed E-state index contributed by atoms with van der Waals surface area (Å²) in [6.07, 6.45) is 0.482. The highest BCUT2D eigenvalue weighted by Crippen LogP contribution is 2.37. The van der Waals surface area contributed by atoms with E-state index >= 15 is 0 Å². The number of aliphatic hydroxyl groups is 1. The number of aromatic nitrogens is 8. The lowest BCUT2D eigenvalue weighted by Crippen LogP contribution is -1.91. The standard InChI is InChI=1S/C34H22N8O/c43-17-16-18-8-7-15-25-26(18)34-41-32-24-14-6-5-13-23(24)30(39-32)37-28-20-10-2-1-9-19(20)27(35-28)36-29-21-11-3-4-12-22(21)31(38-29)40-33(25)42-34/h1-15,43H,16-17H2,(H2,35,36,37,38,39,40,41,42).